The van der Waals surface area contributed by atoms with Gasteiger partial charge >= 0.3 is 0 Å². The number of hydrogen-bond donors (Lipinski definition) is 1. The summed E-state index contributed by atoms with van der Waals surface area (Å²) in [6, 6.07) is 16.6. The van der Waals surface area contributed by atoms with Crippen LogP contribution in [0.15, 0.2) is 48.5 Å². The molecule has 3 heteroatoms. The summed E-state index contributed by atoms with van der Waals surface area (Å²) in [5, 5.41) is 3.18. The first-order chi connectivity index (χ1) is 13.2. The Labute approximate surface area is 163 Å². The van der Waals surface area contributed by atoms with E-state index in [9.17, 15) is 4.79 Å². The third kappa shape index (κ3) is 5.67. The maximum absolute atomic E-state index is 12.7. The van der Waals surface area contributed by atoms with Crippen LogP contribution in [0.1, 0.15) is 72.1 Å². The molecule has 3 nitrogen and oxygen atoms in total. The minimum atomic E-state index is 0.00347. The first-order valence-corrected chi connectivity index (χ1v) is 10.3. The molecule has 0 saturated carbocycles. The van der Waals surface area contributed by atoms with Gasteiger partial charge in [-0.25, -0.2) is 0 Å². The Bertz CT molecular complexity index is 713. The Morgan fingerprint density at radius 1 is 0.963 bits per heavy atom. The van der Waals surface area contributed by atoms with Crippen molar-refractivity contribution in [1.29, 1.82) is 0 Å². The van der Waals surface area contributed by atoms with E-state index in [0.717, 1.165) is 24.1 Å². The van der Waals surface area contributed by atoms with Crippen LogP contribution in [0.3, 0.4) is 0 Å². The van der Waals surface area contributed by atoms with Gasteiger partial charge in [0.2, 0.25) is 0 Å². The van der Waals surface area contributed by atoms with Crippen molar-refractivity contribution < 1.29 is 4.79 Å². The molecule has 1 atom stereocenters. The smallest absolute Gasteiger partial charge is 0.251 e. The Hall–Kier alpha value is -2.13. The number of likely N-dealkylation sites (tertiary alicyclic amines) is 1. The van der Waals surface area contributed by atoms with E-state index in [-0.39, 0.29) is 11.9 Å². The molecule has 3 rings (SSSR count). The van der Waals surface area contributed by atoms with E-state index in [1.807, 2.05) is 12.1 Å². The molecule has 144 valence electrons. The summed E-state index contributed by atoms with van der Waals surface area (Å²) < 4.78 is 0. The fourth-order valence-corrected chi connectivity index (χ4v) is 3.78. The van der Waals surface area contributed by atoms with Gasteiger partial charge in [-0.15, -0.1) is 0 Å². The van der Waals surface area contributed by atoms with E-state index in [0.29, 0.717) is 0 Å². The Kier molecular flexibility index (Phi) is 7.05. The predicted molar refractivity (Wildman–Crippen MR) is 112 cm³/mol. The molecule has 2 aromatic rings. The Balaban J connectivity index is 1.60. The van der Waals surface area contributed by atoms with Gasteiger partial charge < -0.3 is 5.32 Å². The third-order valence-electron chi connectivity index (χ3n) is 5.51. The van der Waals surface area contributed by atoms with Crippen LogP contribution in [0.2, 0.25) is 0 Å². The van der Waals surface area contributed by atoms with Gasteiger partial charge in [-0.3, -0.25) is 9.69 Å². The van der Waals surface area contributed by atoms with E-state index in [2.05, 4.69) is 60.5 Å². The SMILES string of the molecule is CC[C@H](NC(=O)c1ccc(CN2CCCCCC2)cc1)c1ccc(C)cc1. The molecule has 0 aromatic heterocycles. The zero-order valence-corrected chi connectivity index (χ0v) is 16.7. The lowest BCUT2D eigenvalue weighted by Crippen LogP contribution is -2.28. The van der Waals surface area contributed by atoms with E-state index >= 15 is 0 Å². The van der Waals surface area contributed by atoms with Crippen LogP contribution in [0, 0.1) is 6.92 Å². The van der Waals surface area contributed by atoms with E-state index in [4.69, 9.17) is 0 Å². The number of nitrogens with one attached hydrogen (secondary N) is 1. The largest absolute Gasteiger partial charge is 0.345 e. The Morgan fingerprint density at radius 2 is 1.59 bits per heavy atom. The number of benzene rings is 2. The summed E-state index contributed by atoms with van der Waals surface area (Å²) >= 11 is 0. The minimum Gasteiger partial charge on any atom is -0.345 e. The molecule has 1 saturated heterocycles. The quantitative estimate of drug-likeness (QED) is 0.759. The van der Waals surface area contributed by atoms with E-state index < -0.39 is 0 Å². The highest BCUT2D eigenvalue weighted by molar-refractivity contribution is 5.94. The maximum Gasteiger partial charge on any atom is 0.251 e. The molecule has 1 heterocycles. The van der Waals surface area contributed by atoms with E-state index in [1.54, 1.807) is 0 Å². The average molecular weight is 365 g/mol. The molecular weight excluding hydrogens is 332 g/mol. The van der Waals surface area contributed by atoms with Crippen LogP contribution in [0.5, 0.6) is 0 Å². The van der Waals surface area contributed by atoms with Gasteiger partial charge in [0.15, 0.2) is 0 Å². The molecule has 1 fully saturated rings. The van der Waals surface area contributed by atoms with Crippen LogP contribution in [-0.2, 0) is 6.54 Å². The molecular formula is C24H32N2O. The summed E-state index contributed by atoms with van der Waals surface area (Å²) in [7, 11) is 0. The monoisotopic (exact) mass is 364 g/mol. The van der Waals surface area contributed by atoms with Crippen molar-refractivity contribution in [2.45, 2.75) is 58.5 Å². The van der Waals surface area contributed by atoms with Crippen LogP contribution in [-0.4, -0.2) is 23.9 Å². The second-order valence-corrected chi connectivity index (χ2v) is 7.73. The van der Waals surface area contributed by atoms with E-state index in [1.165, 1.54) is 49.9 Å². The molecule has 2 aromatic carbocycles. The van der Waals surface area contributed by atoms with Gasteiger partial charge in [-0.2, -0.15) is 0 Å². The molecule has 1 aliphatic heterocycles. The fourth-order valence-electron chi connectivity index (χ4n) is 3.78. The van der Waals surface area contributed by atoms with Gasteiger partial charge in [0.25, 0.3) is 5.91 Å². The van der Waals surface area contributed by atoms with Gasteiger partial charge in [0, 0.05) is 12.1 Å². The van der Waals surface area contributed by atoms with Crippen LogP contribution >= 0.6 is 0 Å². The number of aryl methyl sites for hydroxylation is 1. The number of rotatable bonds is 6. The van der Waals surface area contributed by atoms with Crippen molar-refractivity contribution in [2.24, 2.45) is 0 Å². The number of carbonyl (C=O) groups is 1. The summed E-state index contributed by atoms with van der Waals surface area (Å²) in [6.45, 7) is 7.56. The highest BCUT2D eigenvalue weighted by atomic mass is 16.1. The predicted octanol–water partition coefficient (Wildman–Crippen LogP) is 5.25. The fraction of sp³-hybridized carbons (Fsp3) is 0.458. The van der Waals surface area contributed by atoms with Gasteiger partial charge in [-0.1, -0.05) is 61.7 Å². The second-order valence-electron chi connectivity index (χ2n) is 7.73. The van der Waals surface area contributed by atoms with Crippen molar-refractivity contribution in [3.05, 3.63) is 70.8 Å². The van der Waals surface area contributed by atoms with Gasteiger partial charge in [-0.05, 0) is 62.5 Å². The van der Waals surface area contributed by atoms with Crippen molar-refractivity contribution in [2.75, 3.05) is 13.1 Å². The normalized spacial score (nSPS) is 16.5. The molecule has 0 aliphatic carbocycles. The van der Waals surface area contributed by atoms with Crippen molar-refractivity contribution in [3.8, 4) is 0 Å². The average Bonchev–Trinajstić information content (AvgIpc) is 2.96. The summed E-state index contributed by atoms with van der Waals surface area (Å²) in [4.78, 5) is 15.2. The van der Waals surface area contributed by atoms with Crippen LogP contribution < -0.4 is 5.32 Å². The number of carbonyl (C=O) groups excluding carboxylic acids is 1. The molecule has 0 spiro atoms. The number of nitrogens with zero attached hydrogens (tertiary/aromatic N) is 1. The highest BCUT2D eigenvalue weighted by Crippen LogP contribution is 2.19. The van der Waals surface area contributed by atoms with Crippen LogP contribution in [0.25, 0.3) is 0 Å². The lowest BCUT2D eigenvalue weighted by Gasteiger charge is -2.20. The zero-order chi connectivity index (χ0) is 19.1. The third-order valence-corrected chi connectivity index (χ3v) is 5.51. The molecule has 1 amide bonds. The minimum absolute atomic E-state index is 0.00347. The van der Waals surface area contributed by atoms with Crippen molar-refractivity contribution >= 4 is 5.91 Å². The molecule has 0 bridgehead atoms. The number of hydrogen-bond acceptors (Lipinski definition) is 2. The summed E-state index contributed by atoms with van der Waals surface area (Å²) in [5.74, 6) is 0.00347. The first kappa shape index (κ1) is 19.6. The lowest BCUT2D eigenvalue weighted by molar-refractivity contribution is 0.0935. The highest BCUT2D eigenvalue weighted by Gasteiger charge is 2.15. The zero-order valence-electron chi connectivity index (χ0n) is 16.7. The molecule has 0 radical (unpaired) electrons. The van der Waals surface area contributed by atoms with Crippen molar-refractivity contribution in [1.82, 2.24) is 10.2 Å². The summed E-state index contributed by atoms with van der Waals surface area (Å²) in [6.07, 6.45) is 6.20. The van der Waals surface area contributed by atoms with Crippen molar-refractivity contribution in [3.63, 3.8) is 0 Å². The molecule has 1 aliphatic rings. The standard InChI is InChI=1S/C24H32N2O/c1-3-23(21-12-8-19(2)9-13-21)25-24(27)22-14-10-20(11-15-22)18-26-16-6-4-5-7-17-26/h8-15,23H,3-7,16-18H2,1-2H3,(H,25,27)/t23-/m0/s1. The maximum atomic E-state index is 12.7. The van der Waals surface area contributed by atoms with Gasteiger partial charge in [0.05, 0.1) is 6.04 Å². The number of amides is 1. The van der Waals surface area contributed by atoms with Gasteiger partial charge in [0.1, 0.15) is 0 Å². The molecule has 0 unspecified atom stereocenters. The summed E-state index contributed by atoms with van der Waals surface area (Å²) in [5.41, 5.74) is 4.42. The van der Waals surface area contributed by atoms with Crippen LogP contribution in [0.4, 0.5) is 0 Å². The molecule has 27 heavy (non-hydrogen) atoms. The second kappa shape index (κ2) is 9.70. The lowest BCUT2D eigenvalue weighted by atomic mass is 10.0. The topological polar surface area (TPSA) is 32.3 Å². The Morgan fingerprint density at radius 3 is 2.19 bits per heavy atom. The molecule has 1 N–H and O–H groups in total. The first-order valence-electron chi connectivity index (χ1n) is 10.3.